The molecule has 1 aliphatic heterocycles. The topological polar surface area (TPSA) is 23.5 Å². The van der Waals surface area contributed by atoms with Crippen molar-refractivity contribution in [2.45, 2.75) is 51.0 Å². The minimum Gasteiger partial charge on any atom is -0.388 e. The molecule has 2 fully saturated rings. The van der Waals surface area contributed by atoms with Gasteiger partial charge in [0.15, 0.2) is 0 Å². The summed E-state index contributed by atoms with van der Waals surface area (Å²) in [6, 6.07) is 0. The Kier molecular flexibility index (Phi) is 3.13. The van der Waals surface area contributed by atoms with E-state index in [1.165, 1.54) is 32.1 Å². The van der Waals surface area contributed by atoms with Crippen LogP contribution in [-0.4, -0.2) is 35.2 Å². The van der Waals surface area contributed by atoms with Crippen molar-refractivity contribution in [3.63, 3.8) is 0 Å². The molecule has 2 rings (SSSR count). The van der Waals surface area contributed by atoms with Gasteiger partial charge in [0.05, 0.1) is 5.60 Å². The Morgan fingerprint density at radius 3 is 2.57 bits per heavy atom. The summed E-state index contributed by atoms with van der Waals surface area (Å²) in [6.45, 7) is 5.30. The summed E-state index contributed by atoms with van der Waals surface area (Å²) >= 11 is 0. The number of aliphatic hydroxyl groups is 1. The van der Waals surface area contributed by atoms with Crippen LogP contribution in [-0.2, 0) is 0 Å². The molecule has 2 aliphatic rings. The van der Waals surface area contributed by atoms with Crippen molar-refractivity contribution >= 4 is 0 Å². The molecule has 0 aromatic heterocycles. The molecule has 0 bridgehead atoms. The first-order valence-corrected chi connectivity index (χ1v) is 6.19. The maximum atomic E-state index is 10.6. The monoisotopic (exact) mass is 197 g/mol. The van der Waals surface area contributed by atoms with Gasteiger partial charge in [0.1, 0.15) is 0 Å². The van der Waals surface area contributed by atoms with Gasteiger partial charge in [0.25, 0.3) is 0 Å². The predicted octanol–water partition coefficient (Wildman–Crippen LogP) is 2.02. The quantitative estimate of drug-likeness (QED) is 0.732. The molecule has 1 N–H and O–H groups in total. The minimum atomic E-state index is -0.337. The molecule has 0 aromatic carbocycles. The first kappa shape index (κ1) is 10.4. The average Bonchev–Trinajstić information content (AvgIpc) is 2.63. The molecule has 0 radical (unpaired) electrons. The molecule has 0 amide bonds. The summed E-state index contributed by atoms with van der Waals surface area (Å²) in [5.74, 6) is 0.591. The Hall–Kier alpha value is -0.0800. The molecule has 1 aliphatic carbocycles. The maximum Gasteiger partial charge on any atom is 0.0814 e. The fourth-order valence-electron chi connectivity index (χ4n) is 3.14. The molecule has 0 aromatic rings. The highest BCUT2D eigenvalue weighted by molar-refractivity contribution is 4.95. The van der Waals surface area contributed by atoms with Gasteiger partial charge in [0.2, 0.25) is 0 Å². The number of hydrogen-bond acceptors (Lipinski definition) is 2. The summed E-state index contributed by atoms with van der Waals surface area (Å²) < 4.78 is 0. The highest BCUT2D eigenvalue weighted by atomic mass is 16.3. The van der Waals surface area contributed by atoms with Crippen molar-refractivity contribution in [1.82, 2.24) is 4.90 Å². The molecule has 1 saturated carbocycles. The Morgan fingerprint density at radius 2 is 2.00 bits per heavy atom. The summed E-state index contributed by atoms with van der Waals surface area (Å²) in [5.41, 5.74) is -0.337. The van der Waals surface area contributed by atoms with Crippen LogP contribution in [0.15, 0.2) is 0 Å². The lowest BCUT2D eigenvalue weighted by Gasteiger charge is -2.35. The third kappa shape index (κ3) is 1.96. The van der Waals surface area contributed by atoms with Crippen LogP contribution >= 0.6 is 0 Å². The van der Waals surface area contributed by atoms with Crippen molar-refractivity contribution in [3.8, 4) is 0 Å². The number of likely N-dealkylation sites (tertiary alicyclic amines) is 1. The molecule has 1 unspecified atom stereocenters. The first-order valence-electron chi connectivity index (χ1n) is 6.19. The molecular formula is C12H23NO. The predicted molar refractivity (Wildman–Crippen MR) is 58.3 cm³/mol. The van der Waals surface area contributed by atoms with E-state index >= 15 is 0 Å². The zero-order chi connectivity index (χ0) is 10.0. The van der Waals surface area contributed by atoms with E-state index in [4.69, 9.17) is 0 Å². The molecular weight excluding hydrogens is 174 g/mol. The van der Waals surface area contributed by atoms with Gasteiger partial charge in [-0.15, -0.1) is 0 Å². The van der Waals surface area contributed by atoms with Gasteiger partial charge in [-0.1, -0.05) is 26.2 Å². The number of likely N-dealkylation sites (N-methyl/N-ethyl adjacent to an activating group) is 1. The summed E-state index contributed by atoms with van der Waals surface area (Å²) in [6.07, 6.45) is 7.57. The van der Waals surface area contributed by atoms with Crippen LogP contribution in [0.1, 0.15) is 45.4 Å². The van der Waals surface area contributed by atoms with Gasteiger partial charge in [-0.3, -0.25) is 0 Å². The number of rotatable bonds is 2. The highest BCUT2D eigenvalue weighted by Crippen LogP contribution is 2.38. The molecule has 2 heteroatoms. The van der Waals surface area contributed by atoms with E-state index in [0.29, 0.717) is 5.92 Å². The summed E-state index contributed by atoms with van der Waals surface area (Å²) in [4.78, 5) is 2.38. The van der Waals surface area contributed by atoms with Crippen LogP contribution in [0.3, 0.4) is 0 Å². The molecule has 1 saturated heterocycles. The van der Waals surface area contributed by atoms with Gasteiger partial charge in [-0.2, -0.15) is 0 Å². The molecule has 0 spiro atoms. The summed E-state index contributed by atoms with van der Waals surface area (Å²) in [5, 5.41) is 10.6. The van der Waals surface area contributed by atoms with Gasteiger partial charge in [-0.05, 0) is 31.7 Å². The van der Waals surface area contributed by atoms with Gasteiger partial charge in [0, 0.05) is 13.1 Å². The average molecular weight is 197 g/mol. The lowest BCUT2D eigenvalue weighted by molar-refractivity contribution is -0.0231. The fraction of sp³-hybridized carbons (Fsp3) is 1.00. The van der Waals surface area contributed by atoms with Crippen LogP contribution in [0.2, 0.25) is 0 Å². The first-order chi connectivity index (χ1) is 6.74. The second kappa shape index (κ2) is 4.19. The van der Waals surface area contributed by atoms with Gasteiger partial charge >= 0.3 is 0 Å². The fourth-order valence-corrected chi connectivity index (χ4v) is 3.14. The third-order valence-corrected chi connectivity index (χ3v) is 4.17. The lowest BCUT2D eigenvalue weighted by Crippen LogP contribution is -2.41. The molecule has 82 valence electrons. The number of hydrogen-bond donors (Lipinski definition) is 1. The zero-order valence-corrected chi connectivity index (χ0v) is 9.34. The summed E-state index contributed by atoms with van der Waals surface area (Å²) in [7, 11) is 0. The Morgan fingerprint density at radius 1 is 1.29 bits per heavy atom. The van der Waals surface area contributed by atoms with Crippen LogP contribution < -0.4 is 0 Å². The Balaban J connectivity index is 1.94. The Labute approximate surface area is 87.3 Å². The van der Waals surface area contributed by atoms with E-state index in [9.17, 15) is 5.11 Å². The number of nitrogens with zero attached hydrogens (tertiary/aromatic N) is 1. The third-order valence-electron chi connectivity index (χ3n) is 4.17. The van der Waals surface area contributed by atoms with E-state index in [1.807, 2.05) is 0 Å². The second-order valence-corrected chi connectivity index (χ2v) is 5.06. The highest BCUT2D eigenvalue weighted by Gasteiger charge is 2.42. The van der Waals surface area contributed by atoms with E-state index in [0.717, 1.165) is 26.1 Å². The van der Waals surface area contributed by atoms with Gasteiger partial charge < -0.3 is 10.0 Å². The largest absolute Gasteiger partial charge is 0.388 e. The number of β-amino-alcohol motifs (C(OH)–C–C–N with tert-alkyl or cyclic N) is 1. The van der Waals surface area contributed by atoms with Crippen LogP contribution in [0, 0.1) is 5.92 Å². The van der Waals surface area contributed by atoms with Crippen molar-refractivity contribution in [3.05, 3.63) is 0 Å². The van der Waals surface area contributed by atoms with Crippen molar-refractivity contribution in [1.29, 1.82) is 0 Å². The maximum absolute atomic E-state index is 10.6. The van der Waals surface area contributed by atoms with E-state index in [2.05, 4.69) is 11.8 Å². The van der Waals surface area contributed by atoms with Crippen LogP contribution in [0.25, 0.3) is 0 Å². The lowest BCUT2D eigenvalue weighted by atomic mass is 9.76. The standard InChI is InChI=1S/C12H23NO/c1-2-13-9-8-12(14,10-13)11-6-4-3-5-7-11/h11,14H,2-10H2,1H3. The molecule has 1 heterocycles. The van der Waals surface area contributed by atoms with Crippen molar-refractivity contribution in [2.75, 3.05) is 19.6 Å². The molecule has 2 nitrogen and oxygen atoms in total. The smallest absolute Gasteiger partial charge is 0.0814 e. The minimum absolute atomic E-state index is 0.337. The second-order valence-electron chi connectivity index (χ2n) is 5.06. The van der Waals surface area contributed by atoms with Crippen molar-refractivity contribution < 1.29 is 5.11 Å². The molecule has 1 atom stereocenters. The van der Waals surface area contributed by atoms with E-state index in [-0.39, 0.29) is 5.60 Å². The van der Waals surface area contributed by atoms with Crippen LogP contribution in [0.5, 0.6) is 0 Å². The van der Waals surface area contributed by atoms with Crippen LogP contribution in [0.4, 0.5) is 0 Å². The van der Waals surface area contributed by atoms with Crippen molar-refractivity contribution in [2.24, 2.45) is 5.92 Å². The normalized spacial score (nSPS) is 36.4. The van der Waals surface area contributed by atoms with E-state index < -0.39 is 0 Å². The van der Waals surface area contributed by atoms with Gasteiger partial charge in [-0.25, -0.2) is 0 Å². The molecule has 14 heavy (non-hydrogen) atoms. The zero-order valence-electron chi connectivity index (χ0n) is 9.34. The van der Waals surface area contributed by atoms with E-state index in [1.54, 1.807) is 0 Å². The Bertz CT molecular complexity index is 189. The SMILES string of the molecule is CCN1CCC(O)(C2CCCCC2)C1.